The molecule has 2 N–H and O–H groups in total. The van der Waals surface area contributed by atoms with Crippen LogP contribution in [0.4, 0.5) is 0 Å². The molecular weight excluding hydrogens is 258 g/mol. The first kappa shape index (κ1) is 12.2. The Labute approximate surface area is 97.6 Å². The number of amides is 1. The lowest BCUT2D eigenvalue weighted by molar-refractivity contribution is 0.0924. The lowest BCUT2D eigenvalue weighted by Gasteiger charge is -2.08. The van der Waals surface area contributed by atoms with E-state index in [4.69, 9.17) is 5.11 Å². The summed E-state index contributed by atoms with van der Waals surface area (Å²) in [4.78, 5) is 11.6. The molecule has 0 fully saturated rings. The molecule has 0 heterocycles. The van der Waals surface area contributed by atoms with Gasteiger partial charge in [0.15, 0.2) is 0 Å². The van der Waals surface area contributed by atoms with Crippen molar-refractivity contribution in [3.63, 3.8) is 0 Å². The summed E-state index contributed by atoms with van der Waals surface area (Å²) in [5.74, 6) is -0.161. The Morgan fingerprint density at radius 3 is 2.80 bits per heavy atom. The number of nitrogens with one attached hydrogen (secondary N) is 1. The lowest BCUT2D eigenvalue weighted by Crippen LogP contribution is -2.30. The van der Waals surface area contributed by atoms with Gasteiger partial charge in [-0.15, -0.1) is 0 Å². The van der Waals surface area contributed by atoms with Gasteiger partial charge in [0.1, 0.15) is 0 Å². The van der Waals surface area contributed by atoms with Crippen molar-refractivity contribution in [2.75, 3.05) is 6.54 Å². The van der Waals surface area contributed by atoms with E-state index in [9.17, 15) is 4.79 Å². The van der Waals surface area contributed by atoms with Crippen LogP contribution in [0, 0.1) is 6.92 Å². The van der Waals surface area contributed by atoms with Crippen LogP contribution in [0.5, 0.6) is 0 Å². The standard InChI is InChI=1S/C11H14BrNO2/c1-7-5-9(3-4-10(7)12)11(15)13-6-8(2)14/h3-5,8,14H,6H2,1-2H3,(H,13,15). The van der Waals surface area contributed by atoms with E-state index in [0.717, 1.165) is 10.0 Å². The molecule has 3 nitrogen and oxygen atoms in total. The minimum absolute atomic E-state index is 0.161. The molecule has 0 saturated carbocycles. The fraction of sp³-hybridized carbons (Fsp3) is 0.364. The van der Waals surface area contributed by atoms with Gasteiger partial charge in [0.2, 0.25) is 0 Å². The van der Waals surface area contributed by atoms with Crippen LogP contribution in [0.2, 0.25) is 0 Å². The third-order valence-corrected chi connectivity index (χ3v) is 2.87. The summed E-state index contributed by atoms with van der Waals surface area (Å²) in [5, 5.41) is 11.7. The maximum absolute atomic E-state index is 11.6. The molecule has 1 rings (SSSR count). The number of aryl methyl sites for hydroxylation is 1. The topological polar surface area (TPSA) is 49.3 Å². The number of aliphatic hydroxyl groups is 1. The molecule has 0 radical (unpaired) electrons. The zero-order valence-corrected chi connectivity index (χ0v) is 10.3. The highest BCUT2D eigenvalue weighted by Crippen LogP contribution is 2.16. The maximum Gasteiger partial charge on any atom is 0.251 e. The van der Waals surface area contributed by atoms with Gasteiger partial charge >= 0.3 is 0 Å². The third-order valence-electron chi connectivity index (χ3n) is 1.98. The molecule has 0 saturated heterocycles. The van der Waals surface area contributed by atoms with Crippen molar-refractivity contribution in [3.8, 4) is 0 Å². The van der Waals surface area contributed by atoms with Crippen LogP contribution in [0.25, 0.3) is 0 Å². The number of aliphatic hydroxyl groups excluding tert-OH is 1. The van der Waals surface area contributed by atoms with E-state index in [1.807, 2.05) is 19.1 Å². The van der Waals surface area contributed by atoms with Gasteiger partial charge in [0.25, 0.3) is 5.91 Å². The Kier molecular flexibility index (Phi) is 4.29. The number of halogens is 1. The summed E-state index contributed by atoms with van der Waals surface area (Å²) < 4.78 is 0.981. The Morgan fingerprint density at radius 1 is 1.60 bits per heavy atom. The number of benzene rings is 1. The van der Waals surface area contributed by atoms with Crippen LogP contribution in [-0.2, 0) is 0 Å². The summed E-state index contributed by atoms with van der Waals surface area (Å²) in [6, 6.07) is 5.39. The highest BCUT2D eigenvalue weighted by atomic mass is 79.9. The average molecular weight is 272 g/mol. The zero-order chi connectivity index (χ0) is 11.4. The molecule has 1 unspecified atom stereocenters. The van der Waals surface area contributed by atoms with Crippen molar-refractivity contribution in [1.82, 2.24) is 5.32 Å². The van der Waals surface area contributed by atoms with Crippen LogP contribution >= 0.6 is 15.9 Å². The van der Waals surface area contributed by atoms with Gasteiger partial charge in [0, 0.05) is 16.6 Å². The Hall–Kier alpha value is -0.870. The van der Waals surface area contributed by atoms with Crippen molar-refractivity contribution in [2.24, 2.45) is 0 Å². The summed E-state index contributed by atoms with van der Waals surface area (Å²) in [7, 11) is 0. The van der Waals surface area contributed by atoms with Crippen LogP contribution in [-0.4, -0.2) is 23.7 Å². The molecule has 4 heteroatoms. The predicted molar refractivity (Wildman–Crippen MR) is 62.9 cm³/mol. The molecule has 1 aromatic rings. The molecule has 0 aliphatic rings. The van der Waals surface area contributed by atoms with Crippen LogP contribution < -0.4 is 5.32 Å². The molecule has 15 heavy (non-hydrogen) atoms. The second-order valence-electron chi connectivity index (χ2n) is 3.52. The van der Waals surface area contributed by atoms with Gasteiger partial charge in [-0.3, -0.25) is 4.79 Å². The van der Waals surface area contributed by atoms with Crippen molar-refractivity contribution in [2.45, 2.75) is 20.0 Å². The number of rotatable bonds is 3. The van der Waals surface area contributed by atoms with E-state index in [-0.39, 0.29) is 12.5 Å². The smallest absolute Gasteiger partial charge is 0.251 e. The highest BCUT2D eigenvalue weighted by Gasteiger charge is 2.07. The molecular formula is C11H14BrNO2. The first-order valence-electron chi connectivity index (χ1n) is 4.73. The van der Waals surface area contributed by atoms with Gasteiger partial charge in [-0.1, -0.05) is 15.9 Å². The molecule has 0 spiro atoms. The Bertz CT molecular complexity index is 364. The first-order valence-corrected chi connectivity index (χ1v) is 5.52. The fourth-order valence-corrected chi connectivity index (χ4v) is 1.38. The van der Waals surface area contributed by atoms with Crippen LogP contribution in [0.1, 0.15) is 22.8 Å². The number of hydrogen-bond donors (Lipinski definition) is 2. The maximum atomic E-state index is 11.6. The second-order valence-corrected chi connectivity index (χ2v) is 4.38. The summed E-state index contributed by atoms with van der Waals surface area (Å²) in [6.07, 6.45) is -0.523. The zero-order valence-electron chi connectivity index (χ0n) is 8.75. The largest absolute Gasteiger partial charge is 0.392 e. The Morgan fingerprint density at radius 2 is 2.27 bits per heavy atom. The quantitative estimate of drug-likeness (QED) is 0.882. The molecule has 0 aliphatic carbocycles. The summed E-state index contributed by atoms with van der Waals surface area (Å²) in [6.45, 7) is 3.83. The normalized spacial score (nSPS) is 12.3. The van der Waals surface area contributed by atoms with Gasteiger partial charge in [-0.05, 0) is 37.6 Å². The van der Waals surface area contributed by atoms with Gasteiger partial charge < -0.3 is 10.4 Å². The van der Waals surface area contributed by atoms with Crippen molar-refractivity contribution in [1.29, 1.82) is 0 Å². The van der Waals surface area contributed by atoms with E-state index in [1.54, 1.807) is 13.0 Å². The first-order chi connectivity index (χ1) is 7.00. The summed E-state index contributed by atoms with van der Waals surface area (Å²) >= 11 is 3.37. The number of carbonyl (C=O) groups is 1. The fourth-order valence-electron chi connectivity index (χ4n) is 1.13. The highest BCUT2D eigenvalue weighted by molar-refractivity contribution is 9.10. The summed E-state index contributed by atoms with van der Waals surface area (Å²) in [5.41, 5.74) is 1.62. The monoisotopic (exact) mass is 271 g/mol. The van der Waals surface area contributed by atoms with Gasteiger partial charge in [-0.2, -0.15) is 0 Å². The predicted octanol–water partition coefficient (Wildman–Crippen LogP) is 1.87. The molecule has 1 aromatic carbocycles. The molecule has 0 bridgehead atoms. The number of hydrogen-bond acceptors (Lipinski definition) is 2. The average Bonchev–Trinajstić information content (AvgIpc) is 2.18. The van der Waals surface area contributed by atoms with Crippen LogP contribution in [0.15, 0.2) is 22.7 Å². The van der Waals surface area contributed by atoms with E-state index >= 15 is 0 Å². The second kappa shape index (κ2) is 5.28. The SMILES string of the molecule is Cc1cc(C(=O)NCC(C)O)ccc1Br. The molecule has 0 aromatic heterocycles. The van der Waals surface area contributed by atoms with E-state index in [2.05, 4.69) is 21.2 Å². The van der Waals surface area contributed by atoms with Crippen LogP contribution in [0.3, 0.4) is 0 Å². The molecule has 0 aliphatic heterocycles. The van der Waals surface area contributed by atoms with E-state index < -0.39 is 6.10 Å². The molecule has 82 valence electrons. The lowest BCUT2D eigenvalue weighted by atomic mass is 10.1. The number of carbonyl (C=O) groups excluding carboxylic acids is 1. The third kappa shape index (κ3) is 3.64. The van der Waals surface area contributed by atoms with Crippen molar-refractivity contribution in [3.05, 3.63) is 33.8 Å². The minimum Gasteiger partial charge on any atom is -0.392 e. The van der Waals surface area contributed by atoms with Gasteiger partial charge in [-0.25, -0.2) is 0 Å². The van der Waals surface area contributed by atoms with Crippen molar-refractivity contribution >= 4 is 21.8 Å². The Balaban J connectivity index is 2.70. The van der Waals surface area contributed by atoms with E-state index in [1.165, 1.54) is 0 Å². The molecule has 1 amide bonds. The van der Waals surface area contributed by atoms with E-state index in [0.29, 0.717) is 5.56 Å². The molecule has 1 atom stereocenters. The minimum atomic E-state index is -0.523. The van der Waals surface area contributed by atoms with Gasteiger partial charge in [0.05, 0.1) is 6.10 Å². The van der Waals surface area contributed by atoms with Crippen molar-refractivity contribution < 1.29 is 9.90 Å².